The van der Waals surface area contributed by atoms with Gasteiger partial charge in [0.25, 0.3) is 0 Å². The van der Waals surface area contributed by atoms with Crippen LogP contribution in [0.3, 0.4) is 0 Å². The van der Waals surface area contributed by atoms with Gasteiger partial charge in [-0.05, 0) is 49.2 Å². The van der Waals surface area contributed by atoms with Crippen molar-refractivity contribution in [3.05, 3.63) is 59.5 Å². The van der Waals surface area contributed by atoms with E-state index < -0.39 is 30.8 Å². The van der Waals surface area contributed by atoms with E-state index in [1.807, 2.05) is 0 Å². The number of aryl methyl sites for hydroxylation is 1. The van der Waals surface area contributed by atoms with Crippen LogP contribution in [0.25, 0.3) is 0 Å². The van der Waals surface area contributed by atoms with Crippen LogP contribution >= 0.6 is 0 Å². The van der Waals surface area contributed by atoms with E-state index in [1.54, 1.807) is 6.92 Å². The molecule has 38 heavy (non-hydrogen) atoms. The van der Waals surface area contributed by atoms with Gasteiger partial charge in [0.05, 0.1) is 22.3 Å². The molecule has 5 N–H and O–H groups in total. The van der Waals surface area contributed by atoms with Crippen LogP contribution in [0.1, 0.15) is 24.0 Å². The van der Waals surface area contributed by atoms with Gasteiger partial charge in [-0.2, -0.15) is 4.98 Å². The van der Waals surface area contributed by atoms with E-state index in [2.05, 4.69) is 41.9 Å². The molecule has 0 unspecified atom stereocenters. The molecule has 0 amide bonds. The molecule has 1 aliphatic heterocycles. The Hall–Kier alpha value is -3.77. The second-order valence-corrected chi connectivity index (χ2v) is 11.8. The van der Waals surface area contributed by atoms with Crippen molar-refractivity contribution in [2.24, 2.45) is 0 Å². The van der Waals surface area contributed by atoms with Gasteiger partial charge >= 0.3 is 0 Å². The predicted octanol–water partition coefficient (Wildman–Crippen LogP) is 2.19. The Balaban J connectivity index is 1.50. The summed E-state index contributed by atoms with van der Waals surface area (Å²) in [5, 5.41) is 16.1. The molecule has 1 aliphatic rings. The number of phenolic OH excluding ortho intramolecular Hbond substituents is 1. The number of hydrogen-bond acceptors (Lipinski definition) is 9. The third-order valence-electron chi connectivity index (χ3n) is 5.39. The fourth-order valence-corrected chi connectivity index (χ4v) is 5.75. The van der Waals surface area contributed by atoms with Crippen molar-refractivity contribution in [3.8, 4) is 17.6 Å². The molecule has 0 aliphatic carbocycles. The summed E-state index contributed by atoms with van der Waals surface area (Å²) >= 11 is 0. The summed E-state index contributed by atoms with van der Waals surface area (Å²) in [5.41, 5.74) is 1.15. The summed E-state index contributed by atoms with van der Waals surface area (Å²) in [4.78, 5) is 8.15. The van der Waals surface area contributed by atoms with E-state index in [9.17, 15) is 26.3 Å². The Morgan fingerprint density at radius 3 is 2.82 bits per heavy atom. The number of hydrogen-bond donors (Lipinski definition) is 5. The first kappa shape index (κ1) is 27.3. The number of fused-ring (bicyclic) bond motifs is 4. The summed E-state index contributed by atoms with van der Waals surface area (Å²) < 4.78 is 68.7. The van der Waals surface area contributed by atoms with Crippen molar-refractivity contribution in [2.45, 2.75) is 29.6 Å². The Bertz CT molecular complexity index is 1640. The first-order valence-corrected chi connectivity index (χ1v) is 14.5. The first-order valence-electron chi connectivity index (χ1n) is 11.5. The maximum absolute atomic E-state index is 14.0. The average molecular weight is 561 g/mol. The lowest BCUT2D eigenvalue weighted by atomic mass is 10.2. The lowest BCUT2D eigenvalue weighted by Gasteiger charge is -2.11. The van der Waals surface area contributed by atoms with Crippen LogP contribution in [-0.2, 0) is 20.0 Å². The van der Waals surface area contributed by atoms with Crippen LogP contribution in [0.15, 0.2) is 52.4 Å². The molecule has 200 valence electrons. The molecule has 3 aromatic rings. The summed E-state index contributed by atoms with van der Waals surface area (Å²) in [6.07, 6.45) is 2.03. The van der Waals surface area contributed by atoms with E-state index in [0.29, 0.717) is 29.9 Å². The molecule has 0 fully saturated rings. The molecule has 11 nitrogen and oxygen atoms in total. The third-order valence-corrected chi connectivity index (χ3v) is 8.33. The Morgan fingerprint density at radius 1 is 1.18 bits per heavy atom. The summed E-state index contributed by atoms with van der Waals surface area (Å²) in [6, 6.07) is 7.69. The van der Waals surface area contributed by atoms with E-state index in [0.717, 1.165) is 6.07 Å². The second-order valence-electron chi connectivity index (χ2n) is 8.32. The quantitative estimate of drug-likeness (QED) is 0.183. The van der Waals surface area contributed by atoms with Gasteiger partial charge < -0.3 is 15.7 Å². The Kier molecular flexibility index (Phi) is 8.12. The van der Waals surface area contributed by atoms with E-state index in [1.165, 1.54) is 36.5 Å². The molecule has 2 heterocycles. The summed E-state index contributed by atoms with van der Waals surface area (Å²) in [6.45, 7) is 2.17. The number of anilines is 3. The van der Waals surface area contributed by atoms with Crippen molar-refractivity contribution in [1.82, 2.24) is 19.4 Å². The average Bonchev–Trinajstić information content (AvgIpc) is 2.87. The van der Waals surface area contributed by atoms with Crippen LogP contribution in [-0.4, -0.2) is 51.5 Å². The number of benzene rings is 2. The number of phenols is 1. The van der Waals surface area contributed by atoms with Crippen molar-refractivity contribution in [1.29, 1.82) is 0 Å². The van der Waals surface area contributed by atoms with Crippen LogP contribution in [0.4, 0.5) is 21.8 Å². The van der Waals surface area contributed by atoms with E-state index >= 15 is 0 Å². The van der Waals surface area contributed by atoms with Gasteiger partial charge in [-0.3, -0.25) is 0 Å². The van der Waals surface area contributed by atoms with Crippen molar-refractivity contribution < 1.29 is 26.3 Å². The van der Waals surface area contributed by atoms with Gasteiger partial charge in [0.1, 0.15) is 22.3 Å². The molecule has 0 spiro atoms. The molecule has 1 aromatic heterocycles. The molecular weight excluding hydrogens is 535 g/mol. The minimum absolute atomic E-state index is 0.0199. The van der Waals surface area contributed by atoms with Crippen LogP contribution in [0, 0.1) is 24.6 Å². The van der Waals surface area contributed by atoms with Gasteiger partial charge in [-0.1, -0.05) is 17.9 Å². The van der Waals surface area contributed by atoms with E-state index in [4.69, 9.17) is 0 Å². The monoisotopic (exact) mass is 560 g/mol. The maximum atomic E-state index is 14.0. The largest absolute Gasteiger partial charge is 0.506 e. The lowest BCUT2D eigenvalue weighted by Crippen LogP contribution is -2.26. The molecule has 2 aromatic carbocycles. The number of nitrogens with zero attached hydrogens (tertiary/aromatic N) is 2. The fourth-order valence-electron chi connectivity index (χ4n) is 3.46. The van der Waals surface area contributed by atoms with Crippen LogP contribution in [0.2, 0.25) is 0 Å². The van der Waals surface area contributed by atoms with E-state index in [-0.39, 0.29) is 41.8 Å². The molecule has 0 radical (unpaired) electrons. The van der Waals surface area contributed by atoms with Crippen molar-refractivity contribution in [3.63, 3.8) is 0 Å². The standard InChI is InChI=1S/C24H25FN6O5S2/c1-16-6-8-19(25)22(13-16)38(35,36)29-11-3-2-5-17-15-27-24-30-20-14-18(7-9-21(20)32)37(33,34)28-12-4-10-26-23(17)31-24/h6-9,13-15,28-29,32H,3-4,10-12H2,1H3,(H2,26,27,30,31). The molecule has 14 heteroatoms. The smallest absolute Gasteiger partial charge is 0.243 e. The minimum Gasteiger partial charge on any atom is -0.506 e. The normalized spacial score (nSPS) is 14.9. The van der Waals surface area contributed by atoms with Gasteiger partial charge in [0.2, 0.25) is 26.0 Å². The second kappa shape index (κ2) is 11.3. The van der Waals surface area contributed by atoms with Gasteiger partial charge in [-0.15, -0.1) is 0 Å². The molecule has 0 atom stereocenters. The number of halogens is 1. The zero-order chi connectivity index (χ0) is 27.3. The lowest BCUT2D eigenvalue weighted by molar-refractivity contribution is 0.477. The highest BCUT2D eigenvalue weighted by molar-refractivity contribution is 7.89. The van der Waals surface area contributed by atoms with Gasteiger partial charge in [-0.25, -0.2) is 35.7 Å². The first-order chi connectivity index (χ1) is 18.0. The SMILES string of the molecule is Cc1ccc(F)c(S(=O)(=O)NCCC#Cc2cnc3nc2NCCCNS(=O)(=O)c2ccc(O)c(c2)N3)c1. The minimum atomic E-state index is -4.03. The zero-order valence-electron chi connectivity index (χ0n) is 20.2. The predicted molar refractivity (Wildman–Crippen MR) is 140 cm³/mol. The maximum Gasteiger partial charge on any atom is 0.243 e. The zero-order valence-corrected chi connectivity index (χ0v) is 21.9. The number of rotatable bonds is 4. The van der Waals surface area contributed by atoms with Crippen LogP contribution in [0.5, 0.6) is 5.75 Å². The number of nitrogens with one attached hydrogen (secondary N) is 4. The highest BCUT2D eigenvalue weighted by Crippen LogP contribution is 2.29. The molecule has 4 rings (SSSR count). The number of aromatic hydroxyl groups is 1. The Morgan fingerprint density at radius 2 is 2.00 bits per heavy atom. The highest BCUT2D eigenvalue weighted by Gasteiger charge is 2.19. The summed E-state index contributed by atoms with van der Waals surface area (Å²) in [7, 11) is -7.81. The third kappa shape index (κ3) is 6.56. The molecule has 4 bridgehead atoms. The topological polar surface area (TPSA) is 162 Å². The fraction of sp³-hybridized carbons (Fsp3) is 0.250. The van der Waals surface area contributed by atoms with Crippen molar-refractivity contribution >= 4 is 37.5 Å². The van der Waals surface area contributed by atoms with Gasteiger partial charge in [0, 0.05) is 26.1 Å². The molecule has 0 saturated carbocycles. The number of sulfonamides is 2. The highest BCUT2D eigenvalue weighted by atomic mass is 32.2. The number of aromatic nitrogens is 2. The van der Waals surface area contributed by atoms with Crippen LogP contribution < -0.4 is 20.1 Å². The Labute approximate surface area is 220 Å². The molecule has 0 saturated heterocycles. The molecular formula is C24H25FN6O5S2. The van der Waals surface area contributed by atoms with Crippen molar-refractivity contribution in [2.75, 3.05) is 30.3 Å². The summed E-state index contributed by atoms with van der Waals surface area (Å²) in [5.74, 6) is 5.19. The van der Waals surface area contributed by atoms with Gasteiger partial charge in [0.15, 0.2) is 0 Å².